The van der Waals surface area contributed by atoms with Crippen LogP contribution in [0.1, 0.15) is 33.4 Å². The molecule has 0 saturated heterocycles. The van der Waals surface area contributed by atoms with Crippen molar-refractivity contribution in [3.63, 3.8) is 0 Å². The summed E-state index contributed by atoms with van der Waals surface area (Å²) in [5.41, 5.74) is 7.75. The van der Waals surface area contributed by atoms with Crippen LogP contribution in [0.3, 0.4) is 0 Å². The van der Waals surface area contributed by atoms with Gasteiger partial charge in [-0.2, -0.15) is 70.6 Å². The average Bonchev–Trinajstić information content (AvgIpc) is 2.88. The Morgan fingerprint density at radius 1 is 0.278 bits per heavy atom. The normalized spacial score (nSPS) is 11.5. The maximum absolute atomic E-state index is 9.43. The molecule has 0 spiro atoms. The largest absolute Gasteiger partial charge is 0.396 e. The molecule has 0 atom stereocenters. The highest BCUT2D eigenvalue weighted by atomic mass is 32.2. The summed E-state index contributed by atoms with van der Waals surface area (Å²) in [6.07, 6.45) is 0. The maximum atomic E-state index is 9.43. The van der Waals surface area contributed by atoms with Crippen LogP contribution in [0.5, 0.6) is 0 Å². The SMILES string of the molecule is OCCSCc1c(CSCCO)c(CSCCO)c(CSCCO)c(CSCCO)c1CSCCO. The maximum Gasteiger partial charge on any atom is 0.0521 e. The summed E-state index contributed by atoms with van der Waals surface area (Å²) in [6.45, 7) is 0.763. The van der Waals surface area contributed by atoms with Gasteiger partial charge in [0.05, 0.1) is 39.6 Å². The van der Waals surface area contributed by atoms with Crippen LogP contribution >= 0.6 is 70.6 Å². The number of hydrogen-bond donors (Lipinski definition) is 6. The van der Waals surface area contributed by atoms with E-state index in [1.54, 1.807) is 70.6 Å². The van der Waals surface area contributed by atoms with Gasteiger partial charge in [0.25, 0.3) is 0 Å². The van der Waals surface area contributed by atoms with Gasteiger partial charge in [0.2, 0.25) is 0 Å². The molecule has 1 rings (SSSR count). The molecule has 210 valence electrons. The van der Waals surface area contributed by atoms with Crippen molar-refractivity contribution >= 4 is 70.6 Å². The molecule has 0 fully saturated rings. The molecule has 0 aliphatic heterocycles. The molecule has 1 aromatic carbocycles. The first-order valence-electron chi connectivity index (χ1n) is 12.0. The Kier molecular flexibility index (Phi) is 23.3. The smallest absolute Gasteiger partial charge is 0.0521 e. The predicted molar refractivity (Wildman–Crippen MR) is 166 cm³/mol. The molecule has 0 bridgehead atoms. The first-order chi connectivity index (χ1) is 17.7. The van der Waals surface area contributed by atoms with Crippen molar-refractivity contribution in [2.45, 2.75) is 34.5 Å². The van der Waals surface area contributed by atoms with Gasteiger partial charge in [0, 0.05) is 69.0 Å². The Labute approximate surface area is 242 Å². The van der Waals surface area contributed by atoms with E-state index in [-0.39, 0.29) is 39.6 Å². The van der Waals surface area contributed by atoms with E-state index < -0.39 is 0 Å². The van der Waals surface area contributed by atoms with E-state index in [9.17, 15) is 30.6 Å². The van der Waals surface area contributed by atoms with Gasteiger partial charge < -0.3 is 30.6 Å². The highest BCUT2D eigenvalue weighted by Crippen LogP contribution is 2.40. The molecule has 0 heterocycles. The van der Waals surface area contributed by atoms with Crippen LogP contribution < -0.4 is 0 Å². The lowest BCUT2D eigenvalue weighted by Crippen LogP contribution is -2.13. The zero-order chi connectivity index (χ0) is 26.4. The minimum absolute atomic E-state index is 0.127. The molecule has 1 aromatic rings. The summed E-state index contributed by atoms with van der Waals surface area (Å²) in [4.78, 5) is 0. The van der Waals surface area contributed by atoms with E-state index >= 15 is 0 Å². The highest BCUT2D eigenvalue weighted by Gasteiger charge is 2.24. The van der Waals surface area contributed by atoms with Crippen molar-refractivity contribution in [1.29, 1.82) is 0 Å². The van der Waals surface area contributed by atoms with Crippen LogP contribution in [0.25, 0.3) is 0 Å². The molecular weight excluding hydrogens is 577 g/mol. The third kappa shape index (κ3) is 13.4. The monoisotopic (exact) mass is 618 g/mol. The summed E-state index contributed by atoms with van der Waals surface area (Å²) < 4.78 is 0. The van der Waals surface area contributed by atoms with Gasteiger partial charge in [-0.1, -0.05) is 0 Å². The molecule has 0 amide bonds. The predicted octanol–water partition coefficient (Wildman–Crippen LogP) is 3.04. The van der Waals surface area contributed by atoms with E-state index in [1.165, 1.54) is 33.4 Å². The lowest BCUT2D eigenvalue weighted by Gasteiger charge is -2.27. The second-order valence-electron chi connectivity index (χ2n) is 7.53. The molecule has 12 heteroatoms. The van der Waals surface area contributed by atoms with Gasteiger partial charge in [-0.25, -0.2) is 0 Å². The number of rotatable bonds is 24. The van der Waals surface area contributed by atoms with E-state index in [0.29, 0.717) is 34.5 Å². The lowest BCUT2D eigenvalue weighted by molar-refractivity contribution is 0.322. The van der Waals surface area contributed by atoms with Crippen LogP contribution in [-0.4, -0.2) is 105 Å². The van der Waals surface area contributed by atoms with Crippen LogP contribution in [-0.2, 0) is 34.5 Å². The van der Waals surface area contributed by atoms with Crippen molar-refractivity contribution < 1.29 is 30.6 Å². The molecule has 0 aliphatic carbocycles. The number of benzene rings is 1. The van der Waals surface area contributed by atoms with Crippen LogP contribution in [0, 0.1) is 0 Å². The van der Waals surface area contributed by atoms with Crippen molar-refractivity contribution in [2.24, 2.45) is 0 Å². The average molecular weight is 619 g/mol. The summed E-state index contributed by atoms with van der Waals surface area (Å²) in [5.74, 6) is 8.63. The molecule has 0 aromatic heterocycles. The highest BCUT2D eigenvalue weighted by molar-refractivity contribution is 7.99. The van der Waals surface area contributed by atoms with Crippen LogP contribution in [0.15, 0.2) is 0 Å². The quantitative estimate of drug-likeness (QED) is 0.0956. The second kappa shape index (κ2) is 23.9. The van der Waals surface area contributed by atoms with E-state index in [2.05, 4.69) is 0 Å². The van der Waals surface area contributed by atoms with Crippen molar-refractivity contribution in [2.75, 3.05) is 74.2 Å². The van der Waals surface area contributed by atoms with E-state index in [1.807, 2.05) is 0 Å². The van der Waals surface area contributed by atoms with Gasteiger partial charge in [0.15, 0.2) is 0 Å². The Morgan fingerprint density at radius 2 is 0.417 bits per heavy atom. The molecule has 6 nitrogen and oxygen atoms in total. The lowest BCUT2D eigenvalue weighted by atomic mass is 9.90. The summed E-state index contributed by atoms with van der Waals surface area (Å²) in [5, 5.41) is 56.6. The fourth-order valence-corrected chi connectivity index (χ4v) is 8.53. The number of thioether (sulfide) groups is 6. The molecule has 36 heavy (non-hydrogen) atoms. The zero-order valence-electron chi connectivity index (χ0n) is 20.9. The summed E-state index contributed by atoms with van der Waals surface area (Å²) in [7, 11) is 0. The Morgan fingerprint density at radius 3 is 0.528 bits per heavy atom. The molecule has 0 unspecified atom stereocenters. The molecule has 0 saturated carbocycles. The first kappa shape index (κ1) is 35.1. The zero-order valence-corrected chi connectivity index (χ0v) is 25.8. The van der Waals surface area contributed by atoms with Gasteiger partial charge in [-0.3, -0.25) is 0 Å². The summed E-state index contributed by atoms with van der Waals surface area (Å²) in [6, 6.07) is 0. The van der Waals surface area contributed by atoms with E-state index in [4.69, 9.17) is 0 Å². The third-order valence-corrected chi connectivity index (χ3v) is 10.9. The second-order valence-corrected chi connectivity index (χ2v) is 14.2. The Hall–Kier alpha value is 1.08. The van der Waals surface area contributed by atoms with Crippen LogP contribution in [0.2, 0.25) is 0 Å². The Bertz CT molecular complexity index is 531. The molecular formula is C24H42O6S6. The molecule has 6 N–H and O–H groups in total. The Balaban J connectivity index is 3.74. The van der Waals surface area contributed by atoms with Gasteiger partial charge in [0.1, 0.15) is 0 Å². The van der Waals surface area contributed by atoms with Crippen molar-refractivity contribution in [3.05, 3.63) is 33.4 Å². The van der Waals surface area contributed by atoms with Gasteiger partial charge in [-0.15, -0.1) is 0 Å². The van der Waals surface area contributed by atoms with E-state index in [0.717, 1.165) is 34.5 Å². The topological polar surface area (TPSA) is 121 Å². The fourth-order valence-electron chi connectivity index (χ4n) is 3.57. The first-order valence-corrected chi connectivity index (χ1v) is 18.9. The van der Waals surface area contributed by atoms with Gasteiger partial charge in [-0.05, 0) is 33.4 Å². The van der Waals surface area contributed by atoms with Crippen LogP contribution in [0.4, 0.5) is 0 Å². The standard InChI is InChI=1S/C24H42O6S6/c25-1-7-31-13-19-20(14-32-8-2-26)22(16-34-10-4-28)24(18-36-12-6-30)23(17-35-11-5-29)21(19)15-33-9-3-27/h25-30H,1-18H2. The van der Waals surface area contributed by atoms with Gasteiger partial charge >= 0.3 is 0 Å². The van der Waals surface area contributed by atoms with Crippen molar-refractivity contribution in [3.8, 4) is 0 Å². The van der Waals surface area contributed by atoms with Crippen molar-refractivity contribution in [1.82, 2.24) is 0 Å². The third-order valence-electron chi connectivity index (χ3n) is 5.08. The fraction of sp³-hybridized carbons (Fsp3) is 0.750. The number of aliphatic hydroxyl groups is 6. The molecule has 0 radical (unpaired) electrons. The summed E-state index contributed by atoms with van der Waals surface area (Å²) >= 11 is 10.3. The minimum atomic E-state index is 0.127. The number of aliphatic hydroxyl groups excluding tert-OH is 6. The molecule has 0 aliphatic rings. The number of hydrogen-bond acceptors (Lipinski definition) is 12. The minimum Gasteiger partial charge on any atom is -0.396 e.